The zero-order valence-corrected chi connectivity index (χ0v) is 12.9. The number of para-hydroxylation sites is 1. The molecule has 3 aromatic rings. The number of anilines is 1. The summed E-state index contributed by atoms with van der Waals surface area (Å²) in [6.07, 6.45) is 1.66. The Morgan fingerprint density at radius 2 is 1.71 bits per heavy atom. The molecule has 0 aliphatic rings. The molecule has 1 N–H and O–H groups in total. The highest BCUT2D eigenvalue weighted by Crippen LogP contribution is 2.23. The number of nitrogens with zero attached hydrogens (tertiary/aromatic N) is 1. The number of benzene rings is 2. The van der Waals surface area contributed by atoms with Crippen molar-refractivity contribution in [2.24, 2.45) is 0 Å². The Morgan fingerprint density at radius 1 is 0.917 bits per heavy atom. The van der Waals surface area contributed by atoms with Gasteiger partial charge in [-0.2, -0.15) is 0 Å². The summed E-state index contributed by atoms with van der Waals surface area (Å²) in [5.74, 6) is 1.41. The third-order valence-electron chi connectivity index (χ3n) is 3.09. The molecule has 0 spiro atoms. The molecular formula is C19H16N2O3. The van der Waals surface area contributed by atoms with Gasteiger partial charge in [0.15, 0.2) is 6.61 Å². The standard InChI is InChI=1S/C19H16N2O3/c22-18(21-15-7-2-1-3-8-15)14-23-16-9-6-10-17(13-16)24-19-11-4-5-12-20-19/h1-13H,14H2,(H,21,22). The molecule has 0 fully saturated rings. The second-order valence-electron chi connectivity index (χ2n) is 4.95. The third-order valence-corrected chi connectivity index (χ3v) is 3.09. The van der Waals surface area contributed by atoms with Crippen LogP contribution >= 0.6 is 0 Å². The average molecular weight is 320 g/mol. The van der Waals surface area contributed by atoms with E-state index in [-0.39, 0.29) is 12.5 Å². The molecule has 1 amide bonds. The molecule has 0 aliphatic heterocycles. The molecule has 0 aliphatic carbocycles. The van der Waals surface area contributed by atoms with E-state index in [1.807, 2.05) is 42.5 Å². The molecule has 0 atom stereocenters. The average Bonchev–Trinajstić information content (AvgIpc) is 2.62. The summed E-state index contributed by atoms with van der Waals surface area (Å²) >= 11 is 0. The van der Waals surface area contributed by atoms with Crippen molar-refractivity contribution >= 4 is 11.6 Å². The van der Waals surface area contributed by atoms with Gasteiger partial charge in [0.1, 0.15) is 11.5 Å². The minimum Gasteiger partial charge on any atom is -0.484 e. The van der Waals surface area contributed by atoms with Gasteiger partial charge in [0, 0.05) is 24.0 Å². The number of carbonyl (C=O) groups is 1. The smallest absolute Gasteiger partial charge is 0.262 e. The van der Waals surface area contributed by atoms with Crippen molar-refractivity contribution in [2.75, 3.05) is 11.9 Å². The number of hydrogen-bond donors (Lipinski definition) is 1. The van der Waals surface area contributed by atoms with Gasteiger partial charge >= 0.3 is 0 Å². The van der Waals surface area contributed by atoms with E-state index in [4.69, 9.17) is 9.47 Å². The van der Waals surface area contributed by atoms with Crippen LogP contribution in [-0.2, 0) is 4.79 Å². The van der Waals surface area contributed by atoms with Gasteiger partial charge in [0.25, 0.3) is 5.91 Å². The number of carbonyl (C=O) groups excluding carboxylic acids is 1. The molecule has 0 saturated carbocycles. The Kier molecular flexibility index (Phi) is 5.04. The van der Waals surface area contributed by atoms with Crippen LogP contribution in [0, 0.1) is 0 Å². The van der Waals surface area contributed by atoms with E-state index in [1.165, 1.54) is 0 Å². The van der Waals surface area contributed by atoms with Crippen LogP contribution in [0.3, 0.4) is 0 Å². The van der Waals surface area contributed by atoms with Gasteiger partial charge in [-0.25, -0.2) is 4.98 Å². The first-order valence-corrected chi connectivity index (χ1v) is 7.46. The fraction of sp³-hybridized carbons (Fsp3) is 0.0526. The molecule has 1 aromatic heterocycles. The number of nitrogens with one attached hydrogen (secondary N) is 1. The van der Waals surface area contributed by atoms with Crippen molar-refractivity contribution in [2.45, 2.75) is 0 Å². The topological polar surface area (TPSA) is 60.5 Å². The minimum absolute atomic E-state index is 0.0814. The Labute approximate surface area is 139 Å². The van der Waals surface area contributed by atoms with Crippen LogP contribution in [0.25, 0.3) is 0 Å². The predicted octanol–water partition coefficient (Wildman–Crippen LogP) is 3.89. The Bertz CT molecular complexity index is 792. The van der Waals surface area contributed by atoms with E-state index in [9.17, 15) is 4.79 Å². The maximum atomic E-state index is 11.9. The fourth-order valence-electron chi connectivity index (χ4n) is 2.02. The fourth-order valence-corrected chi connectivity index (χ4v) is 2.02. The van der Waals surface area contributed by atoms with Crippen LogP contribution < -0.4 is 14.8 Å². The van der Waals surface area contributed by atoms with Crippen LogP contribution in [0.15, 0.2) is 79.0 Å². The molecule has 120 valence electrons. The van der Waals surface area contributed by atoms with Crippen LogP contribution in [-0.4, -0.2) is 17.5 Å². The summed E-state index contributed by atoms with van der Waals surface area (Å²) in [4.78, 5) is 16.0. The molecule has 0 unspecified atom stereocenters. The molecule has 1 heterocycles. The van der Waals surface area contributed by atoms with Crippen LogP contribution in [0.2, 0.25) is 0 Å². The maximum Gasteiger partial charge on any atom is 0.262 e. The van der Waals surface area contributed by atoms with Crippen molar-refractivity contribution in [3.05, 3.63) is 79.0 Å². The summed E-state index contributed by atoms with van der Waals surface area (Å²) in [7, 11) is 0. The summed E-state index contributed by atoms with van der Waals surface area (Å²) in [6, 6.07) is 21.7. The number of amides is 1. The normalized spacial score (nSPS) is 10.0. The van der Waals surface area contributed by atoms with Gasteiger partial charge < -0.3 is 14.8 Å². The number of rotatable bonds is 6. The highest BCUT2D eigenvalue weighted by molar-refractivity contribution is 5.91. The number of hydrogen-bond acceptors (Lipinski definition) is 4. The van der Waals surface area contributed by atoms with Gasteiger partial charge in [0.2, 0.25) is 5.88 Å². The highest BCUT2D eigenvalue weighted by Gasteiger charge is 2.05. The summed E-state index contributed by atoms with van der Waals surface area (Å²) < 4.78 is 11.1. The van der Waals surface area contributed by atoms with Gasteiger partial charge in [-0.15, -0.1) is 0 Å². The first-order valence-electron chi connectivity index (χ1n) is 7.46. The molecule has 0 saturated heterocycles. The number of ether oxygens (including phenoxy) is 2. The molecule has 5 nitrogen and oxygen atoms in total. The molecular weight excluding hydrogens is 304 g/mol. The van der Waals surface area contributed by atoms with E-state index in [1.54, 1.807) is 36.5 Å². The van der Waals surface area contributed by atoms with Crippen LogP contribution in [0.1, 0.15) is 0 Å². The second kappa shape index (κ2) is 7.78. The minimum atomic E-state index is -0.225. The van der Waals surface area contributed by atoms with Gasteiger partial charge in [-0.05, 0) is 30.3 Å². The number of pyridine rings is 1. The SMILES string of the molecule is O=C(COc1cccc(Oc2ccccn2)c1)Nc1ccccc1. The highest BCUT2D eigenvalue weighted by atomic mass is 16.5. The van der Waals surface area contributed by atoms with E-state index in [0.29, 0.717) is 17.4 Å². The molecule has 24 heavy (non-hydrogen) atoms. The zero-order chi connectivity index (χ0) is 16.6. The van der Waals surface area contributed by atoms with Crippen molar-refractivity contribution in [3.8, 4) is 17.4 Å². The summed E-state index contributed by atoms with van der Waals surface area (Å²) in [5.41, 5.74) is 0.735. The lowest BCUT2D eigenvalue weighted by atomic mass is 10.3. The van der Waals surface area contributed by atoms with Crippen LogP contribution in [0.5, 0.6) is 17.4 Å². The lowest BCUT2D eigenvalue weighted by Crippen LogP contribution is -2.20. The predicted molar refractivity (Wildman–Crippen MR) is 91.3 cm³/mol. The monoisotopic (exact) mass is 320 g/mol. The quantitative estimate of drug-likeness (QED) is 0.748. The van der Waals surface area contributed by atoms with Crippen LogP contribution in [0.4, 0.5) is 5.69 Å². The van der Waals surface area contributed by atoms with E-state index < -0.39 is 0 Å². The Morgan fingerprint density at radius 3 is 2.50 bits per heavy atom. The molecule has 3 rings (SSSR count). The lowest BCUT2D eigenvalue weighted by Gasteiger charge is -2.09. The first kappa shape index (κ1) is 15.6. The van der Waals surface area contributed by atoms with Crippen molar-refractivity contribution in [3.63, 3.8) is 0 Å². The molecule has 2 aromatic carbocycles. The van der Waals surface area contributed by atoms with Gasteiger partial charge in [-0.1, -0.05) is 30.3 Å². The maximum absolute atomic E-state index is 11.9. The van der Waals surface area contributed by atoms with E-state index in [0.717, 1.165) is 5.69 Å². The third kappa shape index (κ3) is 4.58. The Balaban J connectivity index is 1.55. The zero-order valence-electron chi connectivity index (χ0n) is 12.9. The van der Waals surface area contributed by atoms with Crippen molar-refractivity contribution in [1.82, 2.24) is 4.98 Å². The largest absolute Gasteiger partial charge is 0.484 e. The van der Waals surface area contributed by atoms with Crippen molar-refractivity contribution < 1.29 is 14.3 Å². The van der Waals surface area contributed by atoms with E-state index in [2.05, 4.69) is 10.3 Å². The molecule has 5 heteroatoms. The molecule has 0 bridgehead atoms. The molecule has 0 radical (unpaired) electrons. The summed E-state index contributed by atoms with van der Waals surface area (Å²) in [6.45, 7) is -0.0814. The van der Waals surface area contributed by atoms with Gasteiger partial charge in [-0.3, -0.25) is 4.79 Å². The van der Waals surface area contributed by atoms with E-state index >= 15 is 0 Å². The summed E-state index contributed by atoms with van der Waals surface area (Å²) in [5, 5.41) is 2.76. The van der Waals surface area contributed by atoms with Crippen molar-refractivity contribution in [1.29, 1.82) is 0 Å². The number of aromatic nitrogens is 1. The lowest BCUT2D eigenvalue weighted by molar-refractivity contribution is -0.118. The second-order valence-corrected chi connectivity index (χ2v) is 4.95. The Hall–Kier alpha value is -3.34. The first-order chi connectivity index (χ1) is 11.8. The van der Waals surface area contributed by atoms with Gasteiger partial charge in [0.05, 0.1) is 0 Å².